The van der Waals surface area contributed by atoms with Crippen molar-refractivity contribution in [1.29, 1.82) is 0 Å². The summed E-state index contributed by atoms with van der Waals surface area (Å²) in [5, 5.41) is 2.94. The Labute approximate surface area is 175 Å². The van der Waals surface area contributed by atoms with Gasteiger partial charge in [-0.2, -0.15) is 13.6 Å². The van der Waals surface area contributed by atoms with Gasteiger partial charge in [0.05, 0.1) is 12.7 Å². The number of phosphoric ester groups is 1. The third-order valence-electron chi connectivity index (χ3n) is 3.75. The highest BCUT2D eigenvalue weighted by atomic mass is 31.3. The average Bonchev–Trinajstić information content (AvgIpc) is 3.06. The lowest BCUT2D eigenvalue weighted by Gasteiger charge is -2.19. The van der Waals surface area contributed by atoms with E-state index in [-0.39, 0.29) is 0 Å². The van der Waals surface area contributed by atoms with E-state index in [1.165, 1.54) is 10.8 Å². The molecule has 19 heteroatoms. The molecule has 0 aromatic carbocycles. The fraction of sp³-hybridized carbons (Fsp3) is 0.667. The summed E-state index contributed by atoms with van der Waals surface area (Å²) >= 11 is 0. The number of hydrogen-bond donors (Lipinski definition) is 6. The molecule has 16 nitrogen and oxygen atoms in total. The lowest BCUT2D eigenvalue weighted by molar-refractivity contribution is -0.0242. The fourth-order valence-corrected chi connectivity index (χ4v) is 5.59. The van der Waals surface area contributed by atoms with Gasteiger partial charge in [0.15, 0.2) is 0 Å². The molecular weight excluding hydrogens is 485 g/mol. The molecule has 1 fully saturated rings. The van der Waals surface area contributed by atoms with Crippen LogP contribution in [0.5, 0.6) is 0 Å². The molecular formula is C12H23N4O12P3. The quantitative estimate of drug-likeness (QED) is 0.161. The number of nitrogens with two attached hydrogens (primary N) is 1. The van der Waals surface area contributed by atoms with Gasteiger partial charge >= 0.3 is 29.2 Å². The zero-order chi connectivity index (χ0) is 23.3. The third-order valence-corrected chi connectivity index (χ3v) is 7.55. The van der Waals surface area contributed by atoms with Crippen LogP contribution in [0.1, 0.15) is 25.5 Å². The lowest BCUT2D eigenvalue weighted by atomic mass is 10.2. The van der Waals surface area contributed by atoms with Crippen LogP contribution in [0.15, 0.2) is 17.1 Å². The summed E-state index contributed by atoms with van der Waals surface area (Å²) in [6.45, 7) is 0.457. The van der Waals surface area contributed by atoms with Crippen molar-refractivity contribution in [2.24, 2.45) is 5.73 Å². The Morgan fingerprint density at radius 1 is 1.19 bits per heavy atom. The number of hydrogen-bond acceptors (Lipinski definition) is 11. The van der Waals surface area contributed by atoms with Crippen LogP contribution in [0, 0.1) is 0 Å². The Kier molecular flexibility index (Phi) is 9.11. The molecule has 2 rings (SSSR count). The normalized spacial score (nSPS) is 23.3. The van der Waals surface area contributed by atoms with Crippen LogP contribution in [0.3, 0.4) is 0 Å². The van der Waals surface area contributed by atoms with Crippen LogP contribution in [0.25, 0.3) is 0 Å². The molecule has 1 aliphatic heterocycles. The second kappa shape index (κ2) is 10.8. The minimum atomic E-state index is -5.59. The molecule has 0 spiro atoms. The van der Waals surface area contributed by atoms with E-state index in [0.717, 1.165) is 0 Å². The zero-order valence-corrected chi connectivity index (χ0v) is 18.6. The molecule has 1 saturated heterocycles. The van der Waals surface area contributed by atoms with Crippen molar-refractivity contribution in [3.63, 3.8) is 0 Å². The molecule has 1 aromatic heterocycles. The minimum absolute atomic E-state index is 0.295. The molecule has 0 bridgehead atoms. The van der Waals surface area contributed by atoms with Gasteiger partial charge in [-0.15, -0.1) is 0 Å². The first-order valence-corrected chi connectivity index (χ1v) is 13.3. The number of nitrogens with zero attached hydrogens (tertiary/aromatic N) is 2. The van der Waals surface area contributed by atoms with Gasteiger partial charge in [0.25, 0.3) is 0 Å². The van der Waals surface area contributed by atoms with Crippen LogP contribution in [0.4, 0.5) is 5.82 Å². The first-order chi connectivity index (χ1) is 14.3. The van der Waals surface area contributed by atoms with Gasteiger partial charge in [0.1, 0.15) is 12.0 Å². The van der Waals surface area contributed by atoms with E-state index in [1.807, 2.05) is 0 Å². The highest BCUT2D eigenvalue weighted by Crippen LogP contribution is 2.66. The summed E-state index contributed by atoms with van der Waals surface area (Å²) in [6.07, 6.45) is 1.29. The molecule has 0 saturated carbocycles. The molecule has 1 aliphatic rings. The molecule has 2 unspecified atom stereocenters. The highest BCUT2D eigenvalue weighted by Gasteiger charge is 2.41. The van der Waals surface area contributed by atoms with Crippen molar-refractivity contribution in [1.82, 2.24) is 9.55 Å². The first kappa shape index (κ1) is 26.3. The van der Waals surface area contributed by atoms with Gasteiger partial charge in [-0.3, -0.25) is 9.09 Å². The first-order valence-electron chi connectivity index (χ1n) is 8.77. The van der Waals surface area contributed by atoms with Gasteiger partial charge in [0, 0.05) is 12.7 Å². The van der Waals surface area contributed by atoms with Gasteiger partial charge < -0.3 is 35.4 Å². The highest BCUT2D eigenvalue weighted by molar-refractivity contribution is 7.66. The molecule has 7 N–H and O–H groups in total. The topological polar surface area (TPSA) is 242 Å². The predicted molar refractivity (Wildman–Crippen MR) is 104 cm³/mol. The van der Waals surface area contributed by atoms with Crippen molar-refractivity contribution in [2.45, 2.75) is 31.6 Å². The molecule has 0 amide bonds. The second-order valence-electron chi connectivity index (χ2n) is 6.25. The van der Waals surface area contributed by atoms with Gasteiger partial charge in [0.2, 0.25) is 0 Å². The summed E-state index contributed by atoms with van der Waals surface area (Å²) in [6, 6.07) is 1.57. The van der Waals surface area contributed by atoms with Crippen LogP contribution < -0.4 is 16.7 Å². The molecule has 2 heterocycles. The van der Waals surface area contributed by atoms with Crippen molar-refractivity contribution in [2.75, 3.05) is 25.0 Å². The van der Waals surface area contributed by atoms with Crippen LogP contribution in [-0.4, -0.2) is 54.9 Å². The average molecular weight is 508 g/mol. The SMILES string of the molecule is NCCCNc1ccn([C@H]2CC[C@@H](COP(=O)(O)OP(=O)(O)OP(=O)(O)O)O2)c(=O)n1. The summed E-state index contributed by atoms with van der Waals surface area (Å²) in [5.74, 6) is 0.372. The maximum atomic E-state index is 12.2. The summed E-state index contributed by atoms with van der Waals surface area (Å²) < 4.78 is 52.2. The van der Waals surface area contributed by atoms with E-state index in [2.05, 4.69) is 23.4 Å². The Bertz CT molecular complexity index is 951. The van der Waals surface area contributed by atoms with E-state index in [0.29, 0.717) is 38.2 Å². The molecule has 0 aliphatic carbocycles. The lowest BCUT2D eigenvalue weighted by Crippen LogP contribution is -2.28. The second-order valence-corrected chi connectivity index (χ2v) is 10.7. The number of rotatable bonds is 12. The number of anilines is 1. The van der Waals surface area contributed by atoms with Crippen molar-refractivity contribution >= 4 is 29.3 Å². The molecule has 0 radical (unpaired) electrons. The van der Waals surface area contributed by atoms with E-state index in [1.54, 1.807) is 6.07 Å². The number of phosphoric acid groups is 3. The molecule has 178 valence electrons. The Balaban J connectivity index is 1.89. The van der Waals surface area contributed by atoms with E-state index in [9.17, 15) is 23.4 Å². The molecule has 31 heavy (non-hydrogen) atoms. The molecule has 4 atom stereocenters. The van der Waals surface area contributed by atoms with Gasteiger partial charge in [-0.25, -0.2) is 18.5 Å². The predicted octanol–water partition coefficient (Wildman–Crippen LogP) is 0.0249. The minimum Gasteiger partial charge on any atom is -0.370 e. The number of ether oxygens (including phenoxy) is 1. The van der Waals surface area contributed by atoms with E-state index < -0.39 is 48.1 Å². The zero-order valence-electron chi connectivity index (χ0n) is 15.9. The van der Waals surface area contributed by atoms with Crippen molar-refractivity contribution in [3.8, 4) is 0 Å². The van der Waals surface area contributed by atoms with E-state index >= 15 is 0 Å². The smallest absolute Gasteiger partial charge is 0.370 e. The van der Waals surface area contributed by atoms with Crippen LogP contribution >= 0.6 is 23.5 Å². The maximum absolute atomic E-state index is 12.2. The maximum Gasteiger partial charge on any atom is 0.490 e. The Hall–Kier alpha value is -0.990. The van der Waals surface area contributed by atoms with Gasteiger partial charge in [-0.1, -0.05) is 0 Å². The third kappa shape index (κ3) is 9.18. The summed E-state index contributed by atoms with van der Waals surface area (Å²) in [5.41, 5.74) is 4.80. The Morgan fingerprint density at radius 3 is 2.52 bits per heavy atom. The van der Waals surface area contributed by atoms with Gasteiger partial charge in [-0.05, 0) is 31.9 Å². The van der Waals surface area contributed by atoms with Crippen molar-refractivity contribution in [3.05, 3.63) is 22.7 Å². The van der Waals surface area contributed by atoms with E-state index in [4.69, 9.17) is 25.2 Å². The Morgan fingerprint density at radius 2 is 1.90 bits per heavy atom. The number of nitrogens with one attached hydrogen (secondary N) is 1. The fourth-order valence-electron chi connectivity index (χ4n) is 2.54. The number of aromatic nitrogens is 2. The standard InChI is InChI=1S/C12H23N4O12P3/c13-5-1-6-14-10-4-7-16(12(17)15-10)11-3-2-9(26-11)8-25-30(21,22)28-31(23,24)27-29(18,19)20/h4,7,9,11H,1-3,5-6,8,13H2,(H,21,22)(H,23,24)(H,14,15,17)(H2,18,19,20)/t9-,11+/m0/s1. The summed E-state index contributed by atoms with van der Waals surface area (Å²) in [7, 11) is -16.3. The van der Waals surface area contributed by atoms with Crippen LogP contribution in [-0.2, 0) is 31.6 Å². The largest absolute Gasteiger partial charge is 0.490 e. The van der Waals surface area contributed by atoms with Crippen molar-refractivity contribution < 1.29 is 51.2 Å². The summed E-state index contributed by atoms with van der Waals surface area (Å²) in [4.78, 5) is 51.6. The monoisotopic (exact) mass is 508 g/mol. The molecule has 1 aromatic rings. The van der Waals surface area contributed by atoms with Crippen LogP contribution in [0.2, 0.25) is 0 Å².